The van der Waals surface area contributed by atoms with Gasteiger partial charge in [-0.1, -0.05) is 25.9 Å². The Morgan fingerprint density at radius 3 is 2.45 bits per heavy atom. The molecule has 0 radical (unpaired) electrons. The van der Waals surface area contributed by atoms with Crippen LogP contribution in [-0.4, -0.2) is 6.04 Å². The van der Waals surface area contributed by atoms with E-state index in [0.717, 1.165) is 6.42 Å². The van der Waals surface area contributed by atoms with Crippen LogP contribution in [0.25, 0.3) is 10.4 Å². The van der Waals surface area contributed by atoms with E-state index in [0.29, 0.717) is 5.92 Å². The standard InChI is InChI=1S/C8H15N3/c1-6-4-5-7(10-11-9)8(6,2)3/h6-7H,4-5H2,1-3H3/t6?,7-/m1/s1. The first-order valence-electron chi connectivity index (χ1n) is 4.13. The minimum atomic E-state index is 0.201. The lowest BCUT2D eigenvalue weighted by molar-refractivity contribution is 0.250. The summed E-state index contributed by atoms with van der Waals surface area (Å²) in [6.07, 6.45) is 2.24. The number of azide groups is 1. The Labute approximate surface area is 67.4 Å². The van der Waals surface area contributed by atoms with Gasteiger partial charge in [-0.2, -0.15) is 0 Å². The molecule has 1 unspecified atom stereocenters. The van der Waals surface area contributed by atoms with Crippen LogP contribution in [-0.2, 0) is 0 Å². The maximum atomic E-state index is 8.30. The molecule has 2 atom stereocenters. The van der Waals surface area contributed by atoms with E-state index in [4.69, 9.17) is 5.53 Å². The van der Waals surface area contributed by atoms with Crippen molar-refractivity contribution >= 4 is 0 Å². The highest BCUT2D eigenvalue weighted by atomic mass is 15.2. The first-order valence-corrected chi connectivity index (χ1v) is 4.13. The molecule has 11 heavy (non-hydrogen) atoms. The molecule has 0 spiro atoms. The molecule has 0 aromatic carbocycles. The molecule has 0 N–H and O–H groups in total. The van der Waals surface area contributed by atoms with Crippen molar-refractivity contribution in [1.29, 1.82) is 0 Å². The van der Waals surface area contributed by atoms with Gasteiger partial charge in [0.15, 0.2) is 0 Å². The first kappa shape index (κ1) is 8.41. The highest BCUT2D eigenvalue weighted by molar-refractivity contribution is 4.94. The Morgan fingerprint density at radius 1 is 1.45 bits per heavy atom. The van der Waals surface area contributed by atoms with Gasteiger partial charge in [-0.05, 0) is 29.7 Å². The molecule has 62 valence electrons. The van der Waals surface area contributed by atoms with Crippen molar-refractivity contribution < 1.29 is 0 Å². The fraction of sp³-hybridized carbons (Fsp3) is 1.00. The van der Waals surface area contributed by atoms with E-state index in [2.05, 4.69) is 30.8 Å². The summed E-state index contributed by atoms with van der Waals surface area (Å²) < 4.78 is 0. The van der Waals surface area contributed by atoms with Gasteiger partial charge in [0.05, 0.1) is 0 Å². The predicted octanol–water partition coefficient (Wildman–Crippen LogP) is 3.12. The van der Waals surface area contributed by atoms with Crippen molar-refractivity contribution in [2.45, 2.75) is 39.7 Å². The SMILES string of the molecule is CC1CC[C@@H](N=[N+]=[N-])C1(C)C. The molecular weight excluding hydrogens is 138 g/mol. The van der Waals surface area contributed by atoms with E-state index in [9.17, 15) is 0 Å². The minimum absolute atomic E-state index is 0.201. The van der Waals surface area contributed by atoms with Crippen LogP contribution in [0.5, 0.6) is 0 Å². The van der Waals surface area contributed by atoms with Gasteiger partial charge in [-0.15, -0.1) is 0 Å². The minimum Gasteiger partial charge on any atom is -0.0901 e. The van der Waals surface area contributed by atoms with Crippen LogP contribution in [0.2, 0.25) is 0 Å². The summed E-state index contributed by atoms with van der Waals surface area (Å²) in [5, 5.41) is 3.81. The molecule has 0 aromatic heterocycles. The number of nitrogens with zero attached hydrogens (tertiary/aromatic N) is 3. The zero-order chi connectivity index (χ0) is 8.48. The molecule has 1 rings (SSSR count). The molecule has 3 heteroatoms. The number of hydrogen-bond acceptors (Lipinski definition) is 1. The molecule has 3 nitrogen and oxygen atoms in total. The lowest BCUT2D eigenvalue weighted by Crippen LogP contribution is -2.25. The van der Waals surface area contributed by atoms with Crippen LogP contribution in [0.15, 0.2) is 5.11 Å². The van der Waals surface area contributed by atoms with Gasteiger partial charge in [0, 0.05) is 11.0 Å². The van der Waals surface area contributed by atoms with Crippen molar-refractivity contribution in [3.63, 3.8) is 0 Å². The highest BCUT2D eigenvalue weighted by Gasteiger charge is 2.39. The van der Waals surface area contributed by atoms with Crippen molar-refractivity contribution in [3.05, 3.63) is 10.4 Å². The average molecular weight is 153 g/mol. The van der Waals surface area contributed by atoms with Crippen molar-refractivity contribution in [2.24, 2.45) is 16.4 Å². The lowest BCUT2D eigenvalue weighted by Gasteiger charge is -2.27. The van der Waals surface area contributed by atoms with Crippen molar-refractivity contribution in [2.75, 3.05) is 0 Å². The highest BCUT2D eigenvalue weighted by Crippen LogP contribution is 2.44. The molecule has 1 aliphatic rings. The third-order valence-corrected chi connectivity index (χ3v) is 3.19. The van der Waals surface area contributed by atoms with E-state index >= 15 is 0 Å². The van der Waals surface area contributed by atoms with Crippen LogP contribution in [0.3, 0.4) is 0 Å². The molecule has 0 aromatic rings. The first-order chi connectivity index (χ1) is 5.09. The molecule has 0 heterocycles. The molecule has 0 aliphatic heterocycles. The summed E-state index contributed by atoms with van der Waals surface area (Å²) in [6, 6.07) is 0.211. The van der Waals surface area contributed by atoms with E-state index in [1.54, 1.807) is 0 Å². The second-order valence-corrected chi connectivity index (χ2v) is 4.02. The molecular formula is C8H15N3. The topological polar surface area (TPSA) is 48.8 Å². The monoisotopic (exact) mass is 153 g/mol. The zero-order valence-corrected chi connectivity index (χ0v) is 7.41. The zero-order valence-electron chi connectivity index (χ0n) is 7.41. The summed E-state index contributed by atoms with van der Waals surface area (Å²) in [4.78, 5) is 2.87. The Bertz CT molecular complexity index is 192. The Balaban J connectivity index is 2.77. The summed E-state index contributed by atoms with van der Waals surface area (Å²) in [6.45, 7) is 6.60. The molecule has 1 fully saturated rings. The predicted molar refractivity (Wildman–Crippen MR) is 45.1 cm³/mol. The second kappa shape index (κ2) is 2.74. The summed E-state index contributed by atoms with van der Waals surface area (Å²) >= 11 is 0. The normalized spacial score (nSPS) is 34.8. The van der Waals surface area contributed by atoms with Crippen molar-refractivity contribution in [3.8, 4) is 0 Å². The summed E-state index contributed by atoms with van der Waals surface area (Å²) in [7, 11) is 0. The lowest BCUT2D eigenvalue weighted by atomic mass is 9.80. The fourth-order valence-corrected chi connectivity index (χ4v) is 1.75. The molecule has 0 saturated heterocycles. The van der Waals surface area contributed by atoms with Gasteiger partial charge in [-0.25, -0.2) is 0 Å². The van der Waals surface area contributed by atoms with Crippen LogP contribution < -0.4 is 0 Å². The molecule has 1 saturated carbocycles. The molecule has 0 amide bonds. The van der Waals surface area contributed by atoms with E-state index in [-0.39, 0.29) is 11.5 Å². The number of hydrogen-bond donors (Lipinski definition) is 0. The van der Waals surface area contributed by atoms with Crippen LogP contribution >= 0.6 is 0 Å². The quantitative estimate of drug-likeness (QED) is 0.316. The van der Waals surface area contributed by atoms with Gasteiger partial charge in [0.1, 0.15) is 0 Å². The third kappa shape index (κ3) is 1.33. The Kier molecular flexibility index (Phi) is 2.10. The summed E-state index contributed by atoms with van der Waals surface area (Å²) in [5.74, 6) is 0.679. The van der Waals surface area contributed by atoms with Gasteiger partial charge < -0.3 is 0 Å². The van der Waals surface area contributed by atoms with Gasteiger partial charge in [-0.3, -0.25) is 0 Å². The third-order valence-electron chi connectivity index (χ3n) is 3.19. The molecule has 1 aliphatic carbocycles. The second-order valence-electron chi connectivity index (χ2n) is 4.02. The van der Waals surface area contributed by atoms with E-state index in [1.165, 1.54) is 6.42 Å². The Morgan fingerprint density at radius 2 is 2.09 bits per heavy atom. The van der Waals surface area contributed by atoms with Crippen LogP contribution in [0, 0.1) is 11.3 Å². The molecule has 0 bridgehead atoms. The van der Waals surface area contributed by atoms with Gasteiger partial charge >= 0.3 is 0 Å². The van der Waals surface area contributed by atoms with Gasteiger partial charge in [0.2, 0.25) is 0 Å². The maximum absolute atomic E-state index is 8.30. The van der Waals surface area contributed by atoms with E-state index in [1.807, 2.05) is 0 Å². The largest absolute Gasteiger partial charge is 0.0901 e. The smallest absolute Gasteiger partial charge is 0.0427 e. The average Bonchev–Trinajstić information content (AvgIpc) is 2.16. The maximum Gasteiger partial charge on any atom is 0.0427 e. The van der Waals surface area contributed by atoms with Crippen molar-refractivity contribution in [1.82, 2.24) is 0 Å². The Hall–Kier alpha value is -0.690. The van der Waals surface area contributed by atoms with Gasteiger partial charge in [0.25, 0.3) is 0 Å². The summed E-state index contributed by atoms with van der Waals surface area (Å²) in [5.41, 5.74) is 8.50. The van der Waals surface area contributed by atoms with Crippen LogP contribution in [0.4, 0.5) is 0 Å². The van der Waals surface area contributed by atoms with Crippen LogP contribution in [0.1, 0.15) is 33.6 Å². The fourth-order valence-electron chi connectivity index (χ4n) is 1.75. The number of rotatable bonds is 1. The van der Waals surface area contributed by atoms with E-state index < -0.39 is 0 Å².